The van der Waals surface area contributed by atoms with Crippen molar-refractivity contribution in [2.45, 2.75) is 32.3 Å². The Kier molecular flexibility index (Phi) is 5.13. The van der Waals surface area contributed by atoms with Gasteiger partial charge in [0.2, 0.25) is 0 Å². The SMILES string of the molecule is Cc1cc(C(Cl)c2cccc(OC(C)C)c2)c(Cl)cc1F. The normalized spacial score (nSPS) is 12.5. The monoisotopic (exact) mass is 326 g/mol. The number of ether oxygens (including phenoxy) is 1. The van der Waals surface area contributed by atoms with E-state index in [0.29, 0.717) is 16.1 Å². The van der Waals surface area contributed by atoms with Gasteiger partial charge in [-0.2, -0.15) is 0 Å². The highest BCUT2D eigenvalue weighted by Crippen LogP contribution is 2.36. The van der Waals surface area contributed by atoms with E-state index in [-0.39, 0.29) is 11.9 Å². The Labute approximate surface area is 134 Å². The van der Waals surface area contributed by atoms with E-state index in [2.05, 4.69) is 0 Å². The molecule has 0 heterocycles. The summed E-state index contributed by atoms with van der Waals surface area (Å²) in [7, 11) is 0. The standard InChI is InChI=1S/C17H17Cl2FO/c1-10(2)21-13-6-4-5-12(8-13)17(19)14-7-11(3)16(20)9-15(14)18/h4-10,17H,1-3H3. The molecule has 0 aliphatic heterocycles. The van der Waals surface area contributed by atoms with Gasteiger partial charge in [0.1, 0.15) is 11.6 Å². The third-order valence-electron chi connectivity index (χ3n) is 3.07. The van der Waals surface area contributed by atoms with E-state index in [1.54, 1.807) is 13.0 Å². The second-order valence-corrected chi connectivity index (χ2v) is 6.07. The molecule has 0 spiro atoms. The van der Waals surface area contributed by atoms with Crippen molar-refractivity contribution in [2.75, 3.05) is 0 Å². The van der Waals surface area contributed by atoms with Crippen molar-refractivity contribution in [3.05, 3.63) is 63.9 Å². The molecular formula is C17H17Cl2FO. The van der Waals surface area contributed by atoms with Gasteiger partial charge >= 0.3 is 0 Å². The zero-order valence-electron chi connectivity index (χ0n) is 12.2. The van der Waals surface area contributed by atoms with Crippen molar-refractivity contribution >= 4 is 23.2 Å². The Morgan fingerprint density at radius 2 is 1.86 bits per heavy atom. The molecular weight excluding hydrogens is 310 g/mol. The van der Waals surface area contributed by atoms with E-state index >= 15 is 0 Å². The maximum atomic E-state index is 13.5. The summed E-state index contributed by atoms with van der Waals surface area (Å²) in [6.45, 7) is 5.62. The van der Waals surface area contributed by atoms with Crippen LogP contribution in [0.5, 0.6) is 5.75 Å². The van der Waals surface area contributed by atoms with Crippen LogP contribution in [0, 0.1) is 12.7 Å². The third kappa shape index (κ3) is 3.90. The Morgan fingerprint density at radius 1 is 1.14 bits per heavy atom. The molecule has 0 bridgehead atoms. The minimum atomic E-state index is -0.451. The molecule has 0 aliphatic rings. The number of benzene rings is 2. The van der Waals surface area contributed by atoms with Crippen LogP contribution in [0.3, 0.4) is 0 Å². The van der Waals surface area contributed by atoms with Crippen molar-refractivity contribution < 1.29 is 9.13 Å². The van der Waals surface area contributed by atoms with Crippen LogP contribution in [0.1, 0.15) is 35.9 Å². The largest absolute Gasteiger partial charge is 0.491 e. The van der Waals surface area contributed by atoms with Crippen molar-refractivity contribution in [2.24, 2.45) is 0 Å². The average Bonchev–Trinajstić information content (AvgIpc) is 2.41. The minimum absolute atomic E-state index is 0.0886. The molecule has 0 fully saturated rings. The number of aryl methyl sites for hydroxylation is 1. The van der Waals surface area contributed by atoms with Gasteiger partial charge in [-0.3, -0.25) is 0 Å². The van der Waals surface area contributed by atoms with E-state index < -0.39 is 5.38 Å². The molecule has 0 N–H and O–H groups in total. The second kappa shape index (κ2) is 6.67. The van der Waals surface area contributed by atoms with Crippen LogP contribution in [-0.2, 0) is 0 Å². The zero-order valence-corrected chi connectivity index (χ0v) is 13.7. The summed E-state index contributed by atoms with van der Waals surface area (Å²) in [4.78, 5) is 0. The first-order valence-corrected chi connectivity index (χ1v) is 7.56. The van der Waals surface area contributed by atoms with Crippen LogP contribution >= 0.6 is 23.2 Å². The fourth-order valence-corrected chi connectivity index (χ4v) is 2.70. The molecule has 2 aromatic carbocycles. The lowest BCUT2D eigenvalue weighted by atomic mass is 10.0. The van der Waals surface area contributed by atoms with Crippen molar-refractivity contribution in [1.82, 2.24) is 0 Å². The molecule has 21 heavy (non-hydrogen) atoms. The molecule has 2 rings (SSSR count). The highest BCUT2D eigenvalue weighted by Gasteiger charge is 2.17. The van der Waals surface area contributed by atoms with Gasteiger partial charge in [0.05, 0.1) is 11.5 Å². The fraction of sp³-hybridized carbons (Fsp3) is 0.294. The van der Waals surface area contributed by atoms with Crippen LogP contribution in [0.15, 0.2) is 36.4 Å². The van der Waals surface area contributed by atoms with Crippen LogP contribution < -0.4 is 4.74 Å². The molecule has 0 amide bonds. The highest BCUT2D eigenvalue weighted by atomic mass is 35.5. The number of hydrogen-bond acceptors (Lipinski definition) is 1. The van der Waals surface area contributed by atoms with Crippen molar-refractivity contribution in [3.63, 3.8) is 0 Å². The molecule has 0 radical (unpaired) electrons. The van der Waals surface area contributed by atoms with Gasteiger partial charge < -0.3 is 4.74 Å². The van der Waals surface area contributed by atoms with Crippen LogP contribution in [-0.4, -0.2) is 6.10 Å². The maximum Gasteiger partial charge on any atom is 0.127 e. The molecule has 1 nitrogen and oxygen atoms in total. The van der Waals surface area contributed by atoms with Crippen LogP contribution in [0.2, 0.25) is 5.02 Å². The molecule has 1 unspecified atom stereocenters. The molecule has 4 heteroatoms. The van der Waals surface area contributed by atoms with Gasteiger partial charge in [-0.15, -0.1) is 11.6 Å². The van der Waals surface area contributed by atoms with Crippen LogP contribution in [0.4, 0.5) is 4.39 Å². The smallest absolute Gasteiger partial charge is 0.127 e. The molecule has 112 valence electrons. The topological polar surface area (TPSA) is 9.23 Å². The summed E-state index contributed by atoms with van der Waals surface area (Å²) < 4.78 is 19.1. The predicted molar refractivity (Wildman–Crippen MR) is 86.0 cm³/mol. The summed E-state index contributed by atoms with van der Waals surface area (Å²) in [5.74, 6) is 0.424. The summed E-state index contributed by atoms with van der Waals surface area (Å²) in [5.41, 5.74) is 2.08. The van der Waals surface area contributed by atoms with Gasteiger partial charge in [0.25, 0.3) is 0 Å². The van der Waals surface area contributed by atoms with E-state index in [9.17, 15) is 4.39 Å². The van der Waals surface area contributed by atoms with Crippen molar-refractivity contribution in [1.29, 1.82) is 0 Å². The first kappa shape index (κ1) is 16.1. The highest BCUT2D eigenvalue weighted by molar-refractivity contribution is 6.33. The van der Waals surface area contributed by atoms with Gasteiger partial charge in [-0.1, -0.05) is 23.7 Å². The van der Waals surface area contributed by atoms with Gasteiger partial charge in [-0.25, -0.2) is 4.39 Å². The number of halogens is 3. The average molecular weight is 327 g/mol. The number of hydrogen-bond donors (Lipinski definition) is 0. The maximum absolute atomic E-state index is 13.5. The van der Waals surface area contributed by atoms with Gasteiger partial charge in [-0.05, 0) is 61.7 Å². The first-order valence-electron chi connectivity index (χ1n) is 6.74. The predicted octanol–water partition coefficient (Wildman–Crippen LogP) is 5.90. The Morgan fingerprint density at radius 3 is 2.52 bits per heavy atom. The molecule has 2 aromatic rings. The summed E-state index contributed by atoms with van der Waals surface area (Å²) in [5, 5.41) is -0.124. The summed E-state index contributed by atoms with van der Waals surface area (Å²) in [6.07, 6.45) is 0.0886. The fourth-order valence-electron chi connectivity index (χ4n) is 2.07. The quantitative estimate of drug-likeness (QED) is 0.635. The minimum Gasteiger partial charge on any atom is -0.491 e. The molecule has 0 saturated heterocycles. The summed E-state index contributed by atoms with van der Waals surface area (Å²) >= 11 is 12.6. The molecule has 0 saturated carbocycles. The van der Waals surface area contributed by atoms with Crippen LogP contribution in [0.25, 0.3) is 0 Å². The van der Waals surface area contributed by atoms with E-state index in [1.807, 2.05) is 38.1 Å². The zero-order chi connectivity index (χ0) is 15.6. The van der Waals surface area contributed by atoms with Gasteiger partial charge in [0, 0.05) is 5.02 Å². The van der Waals surface area contributed by atoms with E-state index in [4.69, 9.17) is 27.9 Å². The van der Waals surface area contributed by atoms with Gasteiger partial charge in [0.15, 0.2) is 0 Å². The molecule has 0 aliphatic carbocycles. The Balaban J connectivity index is 2.36. The van der Waals surface area contributed by atoms with Crippen molar-refractivity contribution in [3.8, 4) is 5.75 Å². The Hall–Kier alpha value is -1.25. The first-order chi connectivity index (χ1) is 9.88. The molecule has 0 aromatic heterocycles. The lowest BCUT2D eigenvalue weighted by Gasteiger charge is -2.16. The summed E-state index contributed by atoms with van der Waals surface area (Å²) in [6, 6.07) is 10.5. The number of alkyl halides is 1. The second-order valence-electron chi connectivity index (χ2n) is 5.22. The van der Waals surface area contributed by atoms with E-state index in [0.717, 1.165) is 11.3 Å². The lowest BCUT2D eigenvalue weighted by molar-refractivity contribution is 0.242. The lowest BCUT2D eigenvalue weighted by Crippen LogP contribution is -2.06. The molecule has 1 atom stereocenters. The third-order valence-corrected chi connectivity index (χ3v) is 3.89. The number of rotatable bonds is 4. The Bertz CT molecular complexity index is 641. The van der Waals surface area contributed by atoms with E-state index in [1.165, 1.54) is 6.07 Å².